The van der Waals surface area contributed by atoms with E-state index in [2.05, 4.69) is 19.0 Å². The van der Waals surface area contributed by atoms with Crippen molar-refractivity contribution in [3.05, 3.63) is 0 Å². The number of amides is 1. The van der Waals surface area contributed by atoms with Gasteiger partial charge in [0, 0.05) is 31.4 Å². The molecule has 3 nitrogen and oxygen atoms in total. The number of carbonyl (C=O) groups excluding carboxylic acids is 1. The molecule has 0 spiro atoms. The lowest BCUT2D eigenvalue weighted by Gasteiger charge is -2.36. The van der Waals surface area contributed by atoms with Crippen LogP contribution in [0.5, 0.6) is 0 Å². The van der Waals surface area contributed by atoms with Crippen molar-refractivity contribution in [2.24, 2.45) is 0 Å². The van der Waals surface area contributed by atoms with Gasteiger partial charge in [0.1, 0.15) is 0 Å². The number of hydrogen-bond acceptors (Lipinski definition) is 2. The predicted octanol–water partition coefficient (Wildman–Crippen LogP) is 1.56. The number of alkyl halides is 1. The fourth-order valence-electron chi connectivity index (χ4n) is 1.98. The van der Waals surface area contributed by atoms with Gasteiger partial charge in [0.05, 0.1) is 0 Å². The molecular formula is C11H21ClN2O. The van der Waals surface area contributed by atoms with E-state index in [0.29, 0.717) is 18.3 Å². The largest absolute Gasteiger partial charge is 0.341 e. The lowest BCUT2D eigenvalue weighted by atomic mass is 10.0. The minimum absolute atomic E-state index is 0.266. The molecule has 1 heterocycles. The highest BCUT2D eigenvalue weighted by Gasteiger charge is 2.24. The first-order chi connectivity index (χ1) is 7.15. The van der Waals surface area contributed by atoms with Crippen LogP contribution in [0.1, 0.15) is 25.7 Å². The van der Waals surface area contributed by atoms with Crippen LogP contribution < -0.4 is 0 Å². The zero-order valence-electron chi connectivity index (χ0n) is 9.71. The molecule has 88 valence electrons. The summed E-state index contributed by atoms with van der Waals surface area (Å²) in [5, 5.41) is 0. The van der Waals surface area contributed by atoms with E-state index in [4.69, 9.17) is 11.6 Å². The number of nitrogens with zero attached hydrogens (tertiary/aromatic N) is 2. The number of likely N-dealkylation sites (tertiary alicyclic amines) is 1. The number of rotatable bonds is 4. The van der Waals surface area contributed by atoms with Crippen LogP contribution in [-0.4, -0.2) is 54.8 Å². The Kier molecular flexibility index (Phi) is 5.40. The van der Waals surface area contributed by atoms with E-state index in [0.717, 1.165) is 25.9 Å². The predicted molar refractivity (Wildman–Crippen MR) is 63.2 cm³/mol. The van der Waals surface area contributed by atoms with Crippen LogP contribution in [0.3, 0.4) is 0 Å². The molecule has 1 saturated heterocycles. The summed E-state index contributed by atoms with van der Waals surface area (Å²) in [6.07, 6.45) is 3.72. The van der Waals surface area contributed by atoms with Crippen LogP contribution in [0.2, 0.25) is 0 Å². The fourth-order valence-corrected chi connectivity index (χ4v) is 2.11. The highest BCUT2D eigenvalue weighted by molar-refractivity contribution is 6.17. The first kappa shape index (κ1) is 12.8. The molecule has 1 rings (SSSR count). The van der Waals surface area contributed by atoms with Crippen molar-refractivity contribution in [2.45, 2.75) is 31.7 Å². The minimum Gasteiger partial charge on any atom is -0.341 e. The van der Waals surface area contributed by atoms with E-state index >= 15 is 0 Å². The van der Waals surface area contributed by atoms with Crippen molar-refractivity contribution >= 4 is 17.5 Å². The number of halogens is 1. The average Bonchev–Trinajstić information content (AvgIpc) is 2.26. The molecule has 0 bridgehead atoms. The molecule has 0 saturated carbocycles. The van der Waals surface area contributed by atoms with Crippen molar-refractivity contribution in [1.29, 1.82) is 0 Å². The van der Waals surface area contributed by atoms with Gasteiger partial charge >= 0.3 is 0 Å². The SMILES string of the molecule is CN(C)C1CCCN(C(=O)CCCCl)C1. The molecule has 1 atom stereocenters. The maximum atomic E-state index is 11.8. The van der Waals surface area contributed by atoms with E-state index in [9.17, 15) is 4.79 Å². The van der Waals surface area contributed by atoms with Crippen molar-refractivity contribution in [1.82, 2.24) is 9.80 Å². The Hall–Kier alpha value is -0.280. The minimum atomic E-state index is 0.266. The van der Waals surface area contributed by atoms with E-state index < -0.39 is 0 Å². The van der Waals surface area contributed by atoms with Gasteiger partial charge in [-0.15, -0.1) is 11.6 Å². The molecule has 4 heteroatoms. The smallest absolute Gasteiger partial charge is 0.222 e. The molecule has 0 radical (unpaired) electrons. The summed E-state index contributed by atoms with van der Waals surface area (Å²) < 4.78 is 0. The third kappa shape index (κ3) is 3.99. The van der Waals surface area contributed by atoms with E-state index in [1.807, 2.05) is 4.90 Å². The molecule has 1 fully saturated rings. The van der Waals surface area contributed by atoms with Gasteiger partial charge in [-0.3, -0.25) is 4.79 Å². The van der Waals surface area contributed by atoms with Crippen LogP contribution in [0.4, 0.5) is 0 Å². The summed E-state index contributed by atoms with van der Waals surface area (Å²) in [5.41, 5.74) is 0. The van der Waals surface area contributed by atoms with Gasteiger partial charge in [0.15, 0.2) is 0 Å². The quantitative estimate of drug-likeness (QED) is 0.687. The number of carbonyl (C=O) groups is 1. The zero-order valence-corrected chi connectivity index (χ0v) is 10.5. The molecular weight excluding hydrogens is 212 g/mol. The van der Waals surface area contributed by atoms with E-state index in [-0.39, 0.29) is 5.91 Å². The molecule has 0 aromatic rings. The van der Waals surface area contributed by atoms with Crippen LogP contribution in [0, 0.1) is 0 Å². The maximum Gasteiger partial charge on any atom is 0.222 e. The normalized spacial score (nSPS) is 22.1. The standard InChI is InChI=1S/C11H21ClN2O/c1-13(2)10-5-4-8-14(9-10)11(15)6-3-7-12/h10H,3-9H2,1-2H3. The van der Waals surface area contributed by atoms with Gasteiger partial charge in [-0.05, 0) is 33.4 Å². The highest BCUT2D eigenvalue weighted by Crippen LogP contribution is 2.15. The molecule has 1 aliphatic rings. The molecule has 15 heavy (non-hydrogen) atoms. The van der Waals surface area contributed by atoms with Crippen molar-refractivity contribution in [3.63, 3.8) is 0 Å². The second-order valence-corrected chi connectivity index (χ2v) is 4.77. The third-order valence-electron chi connectivity index (χ3n) is 3.00. The first-order valence-corrected chi connectivity index (χ1v) is 6.18. The Morgan fingerprint density at radius 3 is 2.87 bits per heavy atom. The average molecular weight is 233 g/mol. The Morgan fingerprint density at radius 1 is 1.53 bits per heavy atom. The lowest BCUT2D eigenvalue weighted by Crippen LogP contribution is -2.47. The monoisotopic (exact) mass is 232 g/mol. The summed E-state index contributed by atoms with van der Waals surface area (Å²) in [4.78, 5) is 16.0. The van der Waals surface area contributed by atoms with Gasteiger partial charge < -0.3 is 9.80 Å². The van der Waals surface area contributed by atoms with E-state index in [1.54, 1.807) is 0 Å². The number of piperidine rings is 1. The summed E-state index contributed by atoms with van der Waals surface area (Å²) in [5.74, 6) is 0.846. The van der Waals surface area contributed by atoms with Crippen LogP contribution >= 0.6 is 11.6 Å². The number of likely N-dealkylation sites (N-methyl/N-ethyl adjacent to an activating group) is 1. The first-order valence-electron chi connectivity index (χ1n) is 5.65. The van der Waals surface area contributed by atoms with Crippen LogP contribution in [0.15, 0.2) is 0 Å². The summed E-state index contributed by atoms with van der Waals surface area (Å²) in [6, 6.07) is 0.527. The van der Waals surface area contributed by atoms with Crippen molar-refractivity contribution < 1.29 is 4.79 Å². The summed E-state index contributed by atoms with van der Waals surface area (Å²) in [7, 11) is 4.16. The molecule has 0 aromatic heterocycles. The molecule has 1 aliphatic heterocycles. The van der Waals surface area contributed by atoms with Crippen molar-refractivity contribution in [2.75, 3.05) is 33.1 Å². The Bertz CT molecular complexity index is 209. The maximum absolute atomic E-state index is 11.8. The molecule has 1 amide bonds. The van der Waals surface area contributed by atoms with Gasteiger partial charge in [-0.2, -0.15) is 0 Å². The molecule has 0 N–H and O–H groups in total. The van der Waals surface area contributed by atoms with Gasteiger partial charge in [-0.1, -0.05) is 0 Å². The molecule has 0 aromatic carbocycles. The lowest BCUT2D eigenvalue weighted by molar-refractivity contribution is -0.133. The molecule has 0 aliphatic carbocycles. The number of hydrogen-bond donors (Lipinski definition) is 0. The van der Waals surface area contributed by atoms with Crippen LogP contribution in [-0.2, 0) is 4.79 Å². The topological polar surface area (TPSA) is 23.6 Å². The third-order valence-corrected chi connectivity index (χ3v) is 3.27. The fraction of sp³-hybridized carbons (Fsp3) is 0.909. The van der Waals surface area contributed by atoms with Gasteiger partial charge in [-0.25, -0.2) is 0 Å². The second kappa shape index (κ2) is 6.33. The van der Waals surface area contributed by atoms with Crippen molar-refractivity contribution in [3.8, 4) is 0 Å². The van der Waals surface area contributed by atoms with E-state index in [1.165, 1.54) is 6.42 Å². The Labute approximate surface area is 97.4 Å². The highest BCUT2D eigenvalue weighted by atomic mass is 35.5. The van der Waals surface area contributed by atoms with Crippen LogP contribution in [0.25, 0.3) is 0 Å². The van der Waals surface area contributed by atoms with Gasteiger partial charge in [0.25, 0.3) is 0 Å². The summed E-state index contributed by atoms with van der Waals surface area (Å²) >= 11 is 5.58. The summed E-state index contributed by atoms with van der Waals surface area (Å²) in [6.45, 7) is 1.81. The van der Waals surface area contributed by atoms with Gasteiger partial charge in [0.2, 0.25) is 5.91 Å². The second-order valence-electron chi connectivity index (χ2n) is 4.39. The zero-order chi connectivity index (χ0) is 11.3. The Balaban J connectivity index is 2.38. The Morgan fingerprint density at radius 2 is 2.27 bits per heavy atom. The molecule has 1 unspecified atom stereocenters.